The first kappa shape index (κ1) is 11.6. The molecule has 0 saturated carbocycles. The van der Waals surface area contributed by atoms with Crippen LogP contribution in [0.15, 0.2) is 30.3 Å². The lowest BCUT2D eigenvalue weighted by Gasteiger charge is -2.32. The molecule has 1 aliphatic rings. The van der Waals surface area contributed by atoms with Gasteiger partial charge in [0.15, 0.2) is 0 Å². The van der Waals surface area contributed by atoms with E-state index in [1.807, 2.05) is 0 Å². The van der Waals surface area contributed by atoms with Gasteiger partial charge in [-0.25, -0.2) is 0 Å². The Morgan fingerprint density at radius 2 is 2.06 bits per heavy atom. The molecular weight excluding hydrogens is 196 g/mol. The predicted molar refractivity (Wildman–Crippen MR) is 68.1 cm³/mol. The van der Waals surface area contributed by atoms with Crippen molar-refractivity contribution in [2.75, 3.05) is 19.6 Å². The first-order valence-electron chi connectivity index (χ1n) is 6.35. The van der Waals surface area contributed by atoms with Gasteiger partial charge in [0, 0.05) is 13.1 Å². The highest BCUT2D eigenvalue weighted by Gasteiger charge is 2.18. The molecule has 1 aromatic rings. The van der Waals surface area contributed by atoms with Crippen LogP contribution in [0.1, 0.15) is 24.8 Å². The fraction of sp³-hybridized carbons (Fsp3) is 0.571. The number of rotatable bonds is 4. The molecule has 1 heterocycles. The Bertz CT molecular complexity index is 295. The molecule has 2 rings (SSSR count). The van der Waals surface area contributed by atoms with E-state index >= 15 is 0 Å². The molecule has 2 N–H and O–H groups in total. The van der Waals surface area contributed by atoms with E-state index in [2.05, 4.69) is 35.2 Å². The monoisotopic (exact) mass is 218 g/mol. The SMILES string of the molecule is NCCC1CCCN(Cc2ccccc2)C1. The van der Waals surface area contributed by atoms with Gasteiger partial charge in [-0.3, -0.25) is 4.90 Å². The van der Waals surface area contributed by atoms with Gasteiger partial charge in [0.25, 0.3) is 0 Å². The van der Waals surface area contributed by atoms with E-state index in [4.69, 9.17) is 5.73 Å². The zero-order valence-electron chi connectivity index (χ0n) is 9.94. The van der Waals surface area contributed by atoms with Crippen LogP contribution in [-0.2, 0) is 6.54 Å². The summed E-state index contributed by atoms with van der Waals surface area (Å²) in [6.07, 6.45) is 3.88. The standard InChI is InChI=1S/C14H22N2/c15-9-8-14-7-4-10-16(12-14)11-13-5-2-1-3-6-13/h1-3,5-6,14H,4,7-12,15H2. The van der Waals surface area contributed by atoms with E-state index in [-0.39, 0.29) is 0 Å². The van der Waals surface area contributed by atoms with Crippen LogP contribution in [0, 0.1) is 5.92 Å². The van der Waals surface area contributed by atoms with Crippen molar-refractivity contribution in [1.82, 2.24) is 4.90 Å². The summed E-state index contributed by atoms with van der Waals surface area (Å²) >= 11 is 0. The Balaban J connectivity index is 1.85. The number of likely N-dealkylation sites (tertiary alicyclic amines) is 1. The molecule has 1 atom stereocenters. The van der Waals surface area contributed by atoms with Crippen molar-refractivity contribution in [3.8, 4) is 0 Å². The topological polar surface area (TPSA) is 29.3 Å². The lowest BCUT2D eigenvalue weighted by molar-refractivity contribution is 0.163. The van der Waals surface area contributed by atoms with Crippen LogP contribution < -0.4 is 5.73 Å². The smallest absolute Gasteiger partial charge is 0.0233 e. The van der Waals surface area contributed by atoms with E-state index in [1.165, 1.54) is 37.9 Å². The molecule has 0 amide bonds. The maximum absolute atomic E-state index is 5.64. The molecule has 0 bridgehead atoms. The zero-order chi connectivity index (χ0) is 11.2. The molecule has 0 aliphatic carbocycles. The van der Waals surface area contributed by atoms with Crippen LogP contribution in [0.4, 0.5) is 0 Å². The molecule has 0 radical (unpaired) electrons. The molecule has 88 valence electrons. The van der Waals surface area contributed by atoms with Crippen molar-refractivity contribution >= 4 is 0 Å². The van der Waals surface area contributed by atoms with Crippen LogP contribution in [0.25, 0.3) is 0 Å². The van der Waals surface area contributed by atoms with E-state index in [1.54, 1.807) is 0 Å². The van der Waals surface area contributed by atoms with Crippen LogP contribution in [0.3, 0.4) is 0 Å². The largest absolute Gasteiger partial charge is 0.330 e. The van der Waals surface area contributed by atoms with Crippen LogP contribution in [-0.4, -0.2) is 24.5 Å². The van der Waals surface area contributed by atoms with E-state index in [0.717, 1.165) is 19.0 Å². The molecule has 2 nitrogen and oxygen atoms in total. The summed E-state index contributed by atoms with van der Waals surface area (Å²) in [5.74, 6) is 0.822. The fourth-order valence-corrected chi connectivity index (χ4v) is 2.61. The molecule has 16 heavy (non-hydrogen) atoms. The van der Waals surface area contributed by atoms with Gasteiger partial charge in [0.2, 0.25) is 0 Å². The van der Waals surface area contributed by atoms with Gasteiger partial charge in [0.1, 0.15) is 0 Å². The molecule has 1 saturated heterocycles. The number of hydrogen-bond acceptors (Lipinski definition) is 2. The van der Waals surface area contributed by atoms with Crippen LogP contribution in [0.5, 0.6) is 0 Å². The normalized spacial score (nSPS) is 22.2. The number of hydrogen-bond donors (Lipinski definition) is 1. The second-order valence-electron chi connectivity index (χ2n) is 4.81. The highest BCUT2D eigenvalue weighted by molar-refractivity contribution is 5.14. The van der Waals surface area contributed by atoms with Crippen molar-refractivity contribution in [3.05, 3.63) is 35.9 Å². The van der Waals surface area contributed by atoms with E-state index in [0.29, 0.717) is 0 Å². The number of nitrogens with zero attached hydrogens (tertiary/aromatic N) is 1. The Morgan fingerprint density at radius 3 is 2.81 bits per heavy atom. The molecule has 1 fully saturated rings. The van der Waals surface area contributed by atoms with Crippen molar-refractivity contribution < 1.29 is 0 Å². The maximum Gasteiger partial charge on any atom is 0.0233 e. The van der Waals surface area contributed by atoms with Gasteiger partial charge in [-0.05, 0) is 43.8 Å². The highest BCUT2D eigenvalue weighted by Crippen LogP contribution is 2.20. The van der Waals surface area contributed by atoms with Crippen LogP contribution >= 0.6 is 0 Å². The Hall–Kier alpha value is -0.860. The minimum atomic E-state index is 0.822. The first-order valence-corrected chi connectivity index (χ1v) is 6.35. The van der Waals surface area contributed by atoms with Crippen molar-refractivity contribution in [2.24, 2.45) is 11.7 Å². The minimum absolute atomic E-state index is 0.822. The first-order chi connectivity index (χ1) is 7.88. The van der Waals surface area contributed by atoms with Gasteiger partial charge in [0.05, 0.1) is 0 Å². The second-order valence-corrected chi connectivity index (χ2v) is 4.81. The van der Waals surface area contributed by atoms with Crippen molar-refractivity contribution in [1.29, 1.82) is 0 Å². The van der Waals surface area contributed by atoms with Gasteiger partial charge in [-0.2, -0.15) is 0 Å². The van der Waals surface area contributed by atoms with Gasteiger partial charge in [-0.15, -0.1) is 0 Å². The molecule has 0 aromatic heterocycles. The molecule has 1 unspecified atom stereocenters. The summed E-state index contributed by atoms with van der Waals surface area (Å²) in [7, 11) is 0. The summed E-state index contributed by atoms with van der Waals surface area (Å²) in [5, 5.41) is 0. The van der Waals surface area contributed by atoms with Gasteiger partial charge < -0.3 is 5.73 Å². The average molecular weight is 218 g/mol. The molecule has 1 aromatic carbocycles. The quantitative estimate of drug-likeness (QED) is 0.840. The number of nitrogens with two attached hydrogens (primary N) is 1. The third-order valence-electron chi connectivity index (χ3n) is 3.43. The third-order valence-corrected chi connectivity index (χ3v) is 3.43. The zero-order valence-corrected chi connectivity index (χ0v) is 9.94. The fourth-order valence-electron chi connectivity index (χ4n) is 2.61. The summed E-state index contributed by atoms with van der Waals surface area (Å²) in [4.78, 5) is 2.57. The van der Waals surface area contributed by atoms with E-state index in [9.17, 15) is 0 Å². The second kappa shape index (κ2) is 6.02. The lowest BCUT2D eigenvalue weighted by Crippen LogP contribution is -2.35. The van der Waals surface area contributed by atoms with Crippen molar-refractivity contribution in [2.45, 2.75) is 25.8 Å². The van der Waals surface area contributed by atoms with Crippen molar-refractivity contribution in [3.63, 3.8) is 0 Å². The van der Waals surface area contributed by atoms with E-state index < -0.39 is 0 Å². The average Bonchev–Trinajstić information content (AvgIpc) is 2.31. The molecule has 1 aliphatic heterocycles. The minimum Gasteiger partial charge on any atom is -0.330 e. The Labute approximate surface area is 98.4 Å². The molecule has 2 heteroatoms. The summed E-state index contributed by atoms with van der Waals surface area (Å²) < 4.78 is 0. The Kier molecular flexibility index (Phi) is 4.37. The number of benzene rings is 1. The summed E-state index contributed by atoms with van der Waals surface area (Å²) in [6.45, 7) is 4.41. The predicted octanol–water partition coefficient (Wildman–Crippen LogP) is 2.25. The number of piperidine rings is 1. The summed E-state index contributed by atoms with van der Waals surface area (Å²) in [6, 6.07) is 10.8. The molecule has 0 spiro atoms. The maximum atomic E-state index is 5.64. The van der Waals surface area contributed by atoms with Gasteiger partial charge >= 0.3 is 0 Å². The van der Waals surface area contributed by atoms with Crippen LogP contribution in [0.2, 0.25) is 0 Å². The molecular formula is C14H22N2. The third kappa shape index (κ3) is 3.32. The Morgan fingerprint density at radius 1 is 1.25 bits per heavy atom. The highest BCUT2D eigenvalue weighted by atomic mass is 15.1. The summed E-state index contributed by atoms with van der Waals surface area (Å²) in [5.41, 5.74) is 7.07. The van der Waals surface area contributed by atoms with Gasteiger partial charge in [-0.1, -0.05) is 30.3 Å². The lowest BCUT2D eigenvalue weighted by atomic mass is 9.94.